The molecule has 1 aliphatic rings. The molecule has 0 spiro atoms. The number of benzene rings is 1. The molecular formula is C14H9NO3. The van der Waals surface area contributed by atoms with E-state index < -0.39 is 5.78 Å². The molecule has 0 fully saturated rings. The van der Waals surface area contributed by atoms with Crippen molar-refractivity contribution in [2.24, 2.45) is 0 Å². The number of ketones is 2. The van der Waals surface area contributed by atoms with Crippen molar-refractivity contribution in [1.29, 1.82) is 0 Å². The zero-order chi connectivity index (χ0) is 12.9. The minimum absolute atomic E-state index is 0.0492. The summed E-state index contributed by atoms with van der Waals surface area (Å²) >= 11 is 0. The van der Waals surface area contributed by atoms with Crippen LogP contribution in [0.1, 0.15) is 37.7 Å². The molecule has 0 atom stereocenters. The number of hydrogen-bond acceptors (Lipinski definition) is 4. The largest absolute Gasteiger partial charge is 0.507 e. The number of pyridine rings is 1. The van der Waals surface area contributed by atoms with Gasteiger partial charge in [0.1, 0.15) is 11.4 Å². The predicted octanol–water partition coefficient (Wildman–Crippen LogP) is 1.87. The van der Waals surface area contributed by atoms with E-state index in [1.165, 1.54) is 12.1 Å². The summed E-state index contributed by atoms with van der Waals surface area (Å²) in [7, 11) is 0. The van der Waals surface area contributed by atoms with Crippen LogP contribution in [0.25, 0.3) is 0 Å². The summed E-state index contributed by atoms with van der Waals surface area (Å²) in [5, 5.41) is 9.74. The van der Waals surface area contributed by atoms with Crippen molar-refractivity contribution in [3.8, 4) is 5.75 Å². The van der Waals surface area contributed by atoms with E-state index in [-0.39, 0.29) is 28.4 Å². The average molecular weight is 239 g/mol. The van der Waals surface area contributed by atoms with E-state index in [0.29, 0.717) is 11.3 Å². The first kappa shape index (κ1) is 10.7. The molecule has 0 saturated heterocycles. The molecule has 0 unspecified atom stereocenters. The number of aromatic nitrogens is 1. The molecule has 0 radical (unpaired) electrons. The van der Waals surface area contributed by atoms with Crippen LogP contribution in [0.3, 0.4) is 0 Å². The predicted molar refractivity (Wildman–Crippen MR) is 63.9 cm³/mol. The third-order valence-corrected chi connectivity index (χ3v) is 3.01. The topological polar surface area (TPSA) is 67.3 Å². The highest BCUT2D eigenvalue weighted by Gasteiger charge is 2.32. The summed E-state index contributed by atoms with van der Waals surface area (Å²) in [5.41, 5.74) is 1.36. The Morgan fingerprint density at radius 3 is 2.56 bits per heavy atom. The molecule has 0 saturated carbocycles. The summed E-state index contributed by atoms with van der Waals surface area (Å²) in [6.45, 7) is 1.75. The molecule has 4 heteroatoms. The highest BCUT2D eigenvalue weighted by Crippen LogP contribution is 2.31. The fraction of sp³-hybridized carbons (Fsp3) is 0.0714. The van der Waals surface area contributed by atoms with E-state index in [9.17, 15) is 14.7 Å². The lowest BCUT2D eigenvalue weighted by atomic mass is 9.86. The Bertz CT molecular complexity index is 704. The second-order valence-corrected chi connectivity index (χ2v) is 4.21. The van der Waals surface area contributed by atoms with Gasteiger partial charge in [0, 0.05) is 11.3 Å². The van der Waals surface area contributed by atoms with Gasteiger partial charge < -0.3 is 5.11 Å². The molecule has 2 aromatic rings. The number of phenols is 1. The van der Waals surface area contributed by atoms with Crippen molar-refractivity contribution in [3.63, 3.8) is 0 Å². The molecular weight excluding hydrogens is 230 g/mol. The van der Waals surface area contributed by atoms with Crippen LogP contribution in [-0.2, 0) is 0 Å². The Balaban J connectivity index is 2.36. The molecule has 1 N–H and O–H groups in total. The third kappa shape index (κ3) is 1.29. The van der Waals surface area contributed by atoms with Crippen LogP contribution < -0.4 is 0 Å². The minimum atomic E-state index is -0.401. The lowest BCUT2D eigenvalue weighted by Gasteiger charge is -2.17. The van der Waals surface area contributed by atoms with Gasteiger partial charge in [0.2, 0.25) is 5.78 Å². The molecule has 0 aliphatic heterocycles. The van der Waals surface area contributed by atoms with E-state index in [0.717, 1.165) is 0 Å². The maximum Gasteiger partial charge on any atom is 0.216 e. The number of carbonyl (C=O) groups is 2. The minimum Gasteiger partial charge on any atom is -0.507 e. The molecule has 0 bridgehead atoms. The smallest absolute Gasteiger partial charge is 0.216 e. The third-order valence-electron chi connectivity index (χ3n) is 3.01. The highest BCUT2D eigenvalue weighted by atomic mass is 16.3. The van der Waals surface area contributed by atoms with Crippen molar-refractivity contribution >= 4 is 11.6 Å². The van der Waals surface area contributed by atoms with E-state index in [2.05, 4.69) is 4.98 Å². The zero-order valence-corrected chi connectivity index (χ0v) is 9.60. The van der Waals surface area contributed by atoms with Crippen molar-refractivity contribution in [3.05, 3.63) is 58.4 Å². The lowest BCUT2D eigenvalue weighted by Crippen LogP contribution is -2.22. The quantitative estimate of drug-likeness (QED) is 0.650. The Hall–Kier alpha value is -2.49. The molecule has 88 valence electrons. The van der Waals surface area contributed by atoms with Gasteiger partial charge in [0.15, 0.2) is 5.78 Å². The van der Waals surface area contributed by atoms with Crippen molar-refractivity contribution in [1.82, 2.24) is 4.98 Å². The molecule has 1 heterocycles. The monoisotopic (exact) mass is 239 g/mol. The van der Waals surface area contributed by atoms with Gasteiger partial charge in [0.25, 0.3) is 0 Å². The SMILES string of the molecule is Cc1ccc2c(n1)C(=O)c1c(O)cccc1C2=O. The van der Waals surface area contributed by atoms with Gasteiger partial charge in [-0.3, -0.25) is 9.59 Å². The number of phenolic OH excluding ortho intramolecular Hbond substituents is 1. The number of fused-ring (bicyclic) bond motifs is 2. The Morgan fingerprint density at radius 1 is 1.00 bits per heavy atom. The first-order chi connectivity index (χ1) is 8.59. The van der Waals surface area contributed by atoms with Gasteiger partial charge >= 0.3 is 0 Å². The second-order valence-electron chi connectivity index (χ2n) is 4.21. The maximum absolute atomic E-state index is 12.3. The molecule has 1 aliphatic carbocycles. The van der Waals surface area contributed by atoms with Gasteiger partial charge in [-0.2, -0.15) is 0 Å². The summed E-state index contributed by atoms with van der Waals surface area (Å²) in [5.74, 6) is -0.857. The molecule has 3 rings (SSSR count). The van der Waals surface area contributed by atoms with Crippen LogP contribution in [0, 0.1) is 6.92 Å². The number of hydrogen-bond donors (Lipinski definition) is 1. The van der Waals surface area contributed by atoms with Crippen molar-refractivity contribution in [2.45, 2.75) is 6.92 Å². The molecule has 18 heavy (non-hydrogen) atoms. The van der Waals surface area contributed by atoms with Gasteiger partial charge in [0.05, 0.1) is 11.1 Å². The zero-order valence-electron chi connectivity index (χ0n) is 9.60. The van der Waals surface area contributed by atoms with Crippen LogP contribution in [0.4, 0.5) is 0 Å². The van der Waals surface area contributed by atoms with Crippen LogP contribution >= 0.6 is 0 Å². The van der Waals surface area contributed by atoms with Crippen molar-refractivity contribution in [2.75, 3.05) is 0 Å². The first-order valence-corrected chi connectivity index (χ1v) is 5.48. The van der Waals surface area contributed by atoms with Crippen molar-refractivity contribution < 1.29 is 14.7 Å². The van der Waals surface area contributed by atoms with Crippen LogP contribution in [0.2, 0.25) is 0 Å². The molecule has 4 nitrogen and oxygen atoms in total. The van der Waals surface area contributed by atoms with Gasteiger partial charge in [-0.15, -0.1) is 0 Å². The standard InChI is InChI=1S/C14H9NO3/c1-7-5-6-9-12(15-7)14(18)11-8(13(9)17)3-2-4-10(11)16/h2-6,16H,1H3. The molecule has 1 aromatic heterocycles. The van der Waals surface area contributed by atoms with E-state index in [4.69, 9.17) is 0 Å². The van der Waals surface area contributed by atoms with Gasteiger partial charge in [-0.1, -0.05) is 12.1 Å². The summed E-state index contributed by atoms with van der Waals surface area (Å²) in [6, 6.07) is 7.78. The highest BCUT2D eigenvalue weighted by molar-refractivity contribution is 6.28. The summed E-state index contributed by atoms with van der Waals surface area (Å²) < 4.78 is 0. The van der Waals surface area contributed by atoms with E-state index in [1.54, 1.807) is 25.1 Å². The number of nitrogens with zero attached hydrogens (tertiary/aromatic N) is 1. The fourth-order valence-corrected chi connectivity index (χ4v) is 2.14. The second kappa shape index (κ2) is 3.50. The number of rotatable bonds is 0. The molecule has 1 aromatic carbocycles. The van der Waals surface area contributed by atoms with Crippen LogP contribution in [-0.4, -0.2) is 21.7 Å². The first-order valence-electron chi connectivity index (χ1n) is 5.48. The molecule has 0 amide bonds. The van der Waals surface area contributed by atoms with Crippen LogP contribution in [0.15, 0.2) is 30.3 Å². The normalized spacial score (nSPS) is 13.2. The van der Waals surface area contributed by atoms with E-state index in [1.807, 2.05) is 0 Å². The number of carbonyl (C=O) groups excluding carboxylic acids is 2. The van der Waals surface area contributed by atoms with Gasteiger partial charge in [-0.25, -0.2) is 4.98 Å². The Morgan fingerprint density at radius 2 is 1.78 bits per heavy atom. The fourth-order valence-electron chi connectivity index (χ4n) is 2.14. The number of aryl methyl sites for hydroxylation is 1. The lowest BCUT2D eigenvalue weighted by molar-refractivity contribution is 0.0972. The van der Waals surface area contributed by atoms with Gasteiger partial charge in [-0.05, 0) is 25.1 Å². The Kier molecular flexibility index (Phi) is 2.07. The summed E-state index contributed by atoms with van der Waals surface area (Å²) in [6.07, 6.45) is 0. The maximum atomic E-state index is 12.3. The number of aromatic hydroxyl groups is 1. The Labute approximate surface area is 103 Å². The average Bonchev–Trinajstić information content (AvgIpc) is 2.35. The summed E-state index contributed by atoms with van der Waals surface area (Å²) in [4.78, 5) is 28.6. The van der Waals surface area contributed by atoms with Crippen LogP contribution in [0.5, 0.6) is 5.75 Å². The van der Waals surface area contributed by atoms with E-state index >= 15 is 0 Å².